The van der Waals surface area contributed by atoms with Crippen LogP contribution in [-0.4, -0.2) is 75.5 Å². The molecule has 0 amide bonds. The smallest absolute Gasteiger partial charge is 0.323 e. The van der Waals surface area contributed by atoms with Gasteiger partial charge in [0.2, 0.25) is 0 Å². The molecule has 0 aliphatic rings. The highest BCUT2D eigenvalue weighted by Gasteiger charge is 2.29. The third-order valence-corrected chi connectivity index (χ3v) is 4.15. The van der Waals surface area contributed by atoms with Crippen molar-refractivity contribution in [3.63, 3.8) is 0 Å². The van der Waals surface area contributed by atoms with Crippen molar-refractivity contribution in [1.82, 2.24) is 10.6 Å². The van der Waals surface area contributed by atoms with E-state index in [-0.39, 0.29) is 39.3 Å². The summed E-state index contributed by atoms with van der Waals surface area (Å²) in [5.74, 6) is -2.07. The standard InChI is InChI=1S/C21H38N2O8/c1-7-28-17(24)11-15(19(26)30-9-3)22-13-21(5,6)14-23-16(20(27)31-10-4)12-18(25)29-8-2/h15-16,22-23H,7-14H2,1-6H3/t15-,16-/m0/s1. The second-order valence-corrected chi connectivity index (χ2v) is 7.55. The Morgan fingerprint density at radius 2 is 0.968 bits per heavy atom. The predicted molar refractivity (Wildman–Crippen MR) is 113 cm³/mol. The molecule has 0 aliphatic heterocycles. The zero-order valence-corrected chi connectivity index (χ0v) is 19.6. The summed E-state index contributed by atoms with van der Waals surface area (Å²) >= 11 is 0. The molecule has 0 heterocycles. The van der Waals surface area contributed by atoms with E-state index in [4.69, 9.17) is 18.9 Å². The molecule has 0 saturated carbocycles. The fourth-order valence-electron chi connectivity index (χ4n) is 2.60. The molecule has 2 N–H and O–H groups in total. The fourth-order valence-corrected chi connectivity index (χ4v) is 2.60. The van der Waals surface area contributed by atoms with Gasteiger partial charge in [0.05, 0.1) is 39.3 Å². The number of carbonyl (C=O) groups excluding carboxylic acids is 4. The van der Waals surface area contributed by atoms with Crippen molar-refractivity contribution < 1.29 is 38.1 Å². The largest absolute Gasteiger partial charge is 0.466 e. The Labute approximate surface area is 184 Å². The summed E-state index contributed by atoms with van der Waals surface area (Å²) in [5, 5.41) is 6.10. The fraction of sp³-hybridized carbons (Fsp3) is 0.810. The lowest BCUT2D eigenvalue weighted by atomic mass is 9.92. The quantitative estimate of drug-likeness (QED) is 0.261. The highest BCUT2D eigenvalue weighted by atomic mass is 16.5. The normalized spacial score (nSPS) is 13.1. The van der Waals surface area contributed by atoms with Gasteiger partial charge in [-0.05, 0) is 33.1 Å². The van der Waals surface area contributed by atoms with Crippen molar-refractivity contribution in [3.8, 4) is 0 Å². The summed E-state index contributed by atoms with van der Waals surface area (Å²) in [4.78, 5) is 48.0. The maximum absolute atomic E-state index is 12.2. The minimum atomic E-state index is -0.848. The van der Waals surface area contributed by atoms with E-state index >= 15 is 0 Å². The van der Waals surface area contributed by atoms with Crippen molar-refractivity contribution in [3.05, 3.63) is 0 Å². The molecule has 31 heavy (non-hydrogen) atoms. The number of nitrogens with one attached hydrogen (secondary N) is 2. The molecule has 10 nitrogen and oxygen atoms in total. The molecule has 0 radical (unpaired) electrons. The zero-order chi connectivity index (χ0) is 23.9. The van der Waals surface area contributed by atoms with Gasteiger partial charge in [0, 0.05) is 13.1 Å². The second-order valence-electron chi connectivity index (χ2n) is 7.55. The van der Waals surface area contributed by atoms with Gasteiger partial charge in [0.15, 0.2) is 0 Å². The second kappa shape index (κ2) is 15.6. The van der Waals surface area contributed by atoms with E-state index in [0.29, 0.717) is 13.1 Å². The van der Waals surface area contributed by atoms with Gasteiger partial charge < -0.3 is 29.6 Å². The van der Waals surface area contributed by atoms with Crippen LogP contribution in [0.15, 0.2) is 0 Å². The molecule has 180 valence electrons. The molecule has 0 aromatic heterocycles. The van der Waals surface area contributed by atoms with E-state index in [1.165, 1.54) is 0 Å². The summed E-state index contributed by atoms with van der Waals surface area (Å²) in [6, 6.07) is -1.70. The molecule has 0 aromatic carbocycles. The van der Waals surface area contributed by atoms with Crippen LogP contribution in [0.2, 0.25) is 0 Å². The minimum Gasteiger partial charge on any atom is -0.466 e. The van der Waals surface area contributed by atoms with Crippen LogP contribution < -0.4 is 10.6 Å². The van der Waals surface area contributed by atoms with Crippen molar-refractivity contribution >= 4 is 23.9 Å². The Bertz CT molecular complexity index is 532. The summed E-state index contributed by atoms with van der Waals surface area (Å²) in [6.45, 7) is 12.1. The molecule has 2 atom stereocenters. The Balaban J connectivity index is 4.98. The van der Waals surface area contributed by atoms with Crippen molar-refractivity contribution in [2.24, 2.45) is 5.41 Å². The Hall–Kier alpha value is -2.20. The van der Waals surface area contributed by atoms with Crippen molar-refractivity contribution in [1.29, 1.82) is 0 Å². The van der Waals surface area contributed by atoms with Gasteiger partial charge in [0.25, 0.3) is 0 Å². The number of rotatable bonds is 16. The van der Waals surface area contributed by atoms with Crippen LogP contribution in [0.3, 0.4) is 0 Å². The third-order valence-electron chi connectivity index (χ3n) is 4.15. The van der Waals surface area contributed by atoms with Crippen LogP contribution in [0.1, 0.15) is 54.4 Å². The molecule has 0 fully saturated rings. The lowest BCUT2D eigenvalue weighted by molar-refractivity contribution is -0.152. The monoisotopic (exact) mass is 446 g/mol. The van der Waals surface area contributed by atoms with Gasteiger partial charge in [-0.1, -0.05) is 13.8 Å². The lowest BCUT2D eigenvalue weighted by Gasteiger charge is -2.29. The van der Waals surface area contributed by atoms with Gasteiger partial charge in [0.1, 0.15) is 12.1 Å². The average Bonchev–Trinajstić information content (AvgIpc) is 2.69. The van der Waals surface area contributed by atoms with E-state index in [1.54, 1.807) is 27.7 Å². The molecule has 0 aliphatic carbocycles. The molecule has 0 aromatic rings. The minimum absolute atomic E-state index is 0.148. The number of hydrogen-bond acceptors (Lipinski definition) is 10. The molecule has 10 heteroatoms. The highest BCUT2D eigenvalue weighted by Crippen LogP contribution is 2.14. The first-order chi connectivity index (χ1) is 14.6. The van der Waals surface area contributed by atoms with Gasteiger partial charge in [-0.2, -0.15) is 0 Å². The van der Waals surface area contributed by atoms with Crippen molar-refractivity contribution in [2.45, 2.75) is 66.5 Å². The third kappa shape index (κ3) is 13.0. The number of esters is 4. The maximum Gasteiger partial charge on any atom is 0.323 e. The summed E-state index contributed by atoms with van der Waals surface area (Å²) in [7, 11) is 0. The van der Waals surface area contributed by atoms with E-state index in [2.05, 4.69) is 10.6 Å². The number of hydrogen-bond donors (Lipinski definition) is 2. The molecule has 0 unspecified atom stereocenters. The zero-order valence-electron chi connectivity index (χ0n) is 19.6. The molecular formula is C21H38N2O8. The van der Waals surface area contributed by atoms with E-state index in [9.17, 15) is 19.2 Å². The van der Waals surface area contributed by atoms with Crippen LogP contribution in [0.5, 0.6) is 0 Å². The Morgan fingerprint density at radius 3 is 1.26 bits per heavy atom. The summed E-state index contributed by atoms with van der Waals surface area (Å²) in [5.41, 5.74) is -0.446. The van der Waals surface area contributed by atoms with Crippen LogP contribution >= 0.6 is 0 Å². The first-order valence-corrected chi connectivity index (χ1v) is 10.7. The SMILES string of the molecule is CCOC(=O)C[C@H](NCC(C)(C)CN[C@@H](CC(=O)OCC)C(=O)OCC)C(=O)OCC. The summed E-state index contributed by atoms with van der Waals surface area (Å²) in [6.07, 6.45) is -0.297. The van der Waals surface area contributed by atoms with Gasteiger partial charge in [-0.3, -0.25) is 19.2 Å². The van der Waals surface area contributed by atoms with Crippen molar-refractivity contribution in [2.75, 3.05) is 39.5 Å². The molecule has 0 bridgehead atoms. The van der Waals surface area contributed by atoms with E-state index in [0.717, 1.165) is 0 Å². The average molecular weight is 447 g/mol. The molecule has 0 rings (SSSR count). The van der Waals surface area contributed by atoms with E-state index in [1.807, 2.05) is 13.8 Å². The van der Waals surface area contributed by atoms with Crippen LogP contribution in [0, 0.1) is 5.41 Å². The predicted octanol–water partition coefficient (Wildman–Crippen LogP) is 0.962. The van der Waals surface area contributed by atoms with Crippen LogP contribution in [-0.2, 0) is 38.1 Å². The first-order valence-electron chi connectivity index (χ1n) is 10.7. The highest BCUT2D eigenvalue weighted by molar-refractivity contribution is 5.83. The molecule has 0 spiro atoms. The topological polar surface area (TPSA) is 129 Å². The Kier molecular flexibility index (Phi) is 14.5. The molecule has 0 saturated heterocycles. The van der Waals surface area contributed by atoms with Crippen LogP contribution in [0.25, 0.3) is 0 Å². The lowest BCUT2D eigenvalue weighted by Crippen LogP contribution is -2.49. The Morgan fingerprint density at radius 1 is 0.645 bits per heavy atom. The van der Waals surface area contributed by atoms with E-state index < -0.39 is 41.4 Å². The maximum atomic E-state index is 12.2. The van der Waals surface area contributed by atoms with Gasteiger partial charge in [-0.15, -0.1) is 0 Å². The van der Waals surface area contributed by atoms with Gasteiger partial charge in [-0.25, -0.2) is 0 Å². The molecular weight excluding hydrogens is 408 g/mol. The first kappa shape index (κ1) is 28.8. The van der Waals surface area contributed by atoms with Crippen LogP contribution in [0.4, 0.5) is 0 Å². The number of carbonyl (C=O) groups is 4. The number of ether oxygens (including phenoxy) is 4. The van der Waals surface area contributed by atoms with Gasteiger partial charge >= 0.3 is 23.9 Å². The summed E-state index contributed by atoms with van der Waals surface area (Å²) < 4.78 is 19.9.